The van der Waals surface area contributed by atoms with Crippen LogP contribution in [0.3, 0.4) is 0 Å². The van der Waals surface area contributed by atoms with Gasteiger partial charge in [-0.3, -0.25) is 4.79 Å². The Labute approximate surface area is 105 Å². The van der Waals surface area contributed by atoms with Crippen molar-refractivity contribution in [2.75, 3.05) is 0 Å². The Hall–Kier alpha value is -1.88. The molecule has 0 fully saturated rings. The molecule has 0 bridgehead atoms. The summed E-state index contributed by atoms with van der Waals surface area (Å²) in [6.07, 6.45) is 0.561. The predicted molar refractivity (Wildman–Crippen MR) is 59.0 cm³/mol. The maximum Gasteiger partial charge on any atom is 0.213 e. The summed E-state index contributed by atoms with van der Waals surface area (Å²) in [6, 6.07) is 4.34. The minimum atomic E-state index is -1.03. The van der Waals surface area contributed by atoms with Crippen LogP contribution in [0.2, 0.25) is 5.02 Å². The maximum absolute atomic E-state index is 13.6. The third-order valence-corrected chi connectivity index (χ3v) is 2.55. The number of aromatic nitrogens is 1. The van der Waals surface area contributed by atoms with Gasteiger partial charge in [-0.05, 0) is 12.1 Å². The molecule has 18 heavy (non-hydrogen) atoms. The number of halogens is 4. The second-order valence-electron chi connectivity index (χ2n) is 3.42. The van der Waals surface area contributed by atoms with Gasteiger partial charge in [-0.25, -0.2) is 13.8 Å². The number of ketones is 1. The topological polar surface area (TPSA) is 30.0 Å². The number of nitrogens with zero attached hydrogens (tertiary/aromatic N) is 1. The van der Waals surface area contributed by atoms with E-state index >= 15 is 0 Å². The van der Waals surface area contributed by atoms with E-state index in [1.165, 1.54) is 12.1 Å². The molecule has 2 aromatic rings. The highest BCUT2D eigenvalue weighted by atomic mass is 35.5. The smallest absolute Gasteiger partial charge is 0.213 e. The average Bonchev–Trinajstić information content (AvgIpc) is 2.35. The van der Waals surface area contributed by atoms with Crippen LogP contribution in [0.25, 0.3) is 0 Å². The van der Waals surface area contributed by atoms with Crippen molar-refractivity contribution in [3.05, 3.63) is 64.2 Å². The molecule has 6 heteroatoms. The zero-order valence-electron chi connectivity index (χ0n) is 8.75. The lowest BCUT2D eigenvalue weighted by Gasteiger charge is -2.04. The Morgan fingerprint density at radius 3 is 2.61 bits per heavy atom. The van der Waals surface area contributed by atoms with E-state index in [4.69, 9.17) is 11.6 Å². The van der Waals surface area contributed by atoms with Crippen molar-refractivity contribution in [1.29, 1.82) is 0 Å². The number of pyridine rings is 1. The number of hydrogen-bond donors (Lipinski definition) is 0. The predicted octanol–water partition coefficient (Wildman–Crippen LogP) is 3.38. The Kier molecular flexibility index (Phi) is 3.34. The summed E-state index contributed by atoms with van der Waals surface area (Å²) in [5.41, 5.74) is -1.02. The fourth-order valence-corrected chi connectivity index (χ4v) is 1.59. The van der Waals surface area contributed by atoms with Crippen LogP contribution in [-0.2, 0) is 0 Å². The highest BCUT2D eigenvalue weighted by Crippen LogP contribution is 2.21. The molecule has 2 nitrogen and oxygen atoms in total. The molecule has 0 radical (unpaired) electrons. The summed E-state index contributed by atoms with van der Waals surface area (Å²) in [7, 11) is 0. The quantitative estimate of drug-likeness (QED) is 0.619. The van der Waals surface area contributed by atoms with Crippen molar-refractivity contribution >= 4 is 17.4 Å². The lowest BCUT2D eigenvalue weighted by Crippen LogP contribution is -2.08. The van der Waals surface area contributed by atoms with E-state index in [1.54, 1.807) is 0 Å². The second kappa shape index (κ2) is 4.78. The average molecular weight is 272 g/mol. The summed E-state index contributed by atoms with van der Waals surface area (Å²) in [6.45, 7) is 0. The first-order valence-electron chi connectivity index (χ1n) is 4.80. The molecule has 0 saturated carbocycles. The zero-order chi connectivity index (χ0) is 13.3. The van der Waals surface area contributed by atoms with Crippen LogP contribution in [0, 0.1) is 17.6 Å². The van der Waals surface area contributed by atoms with Crippen LogP contribution in [0.4, 0.5) is 13.2 Å². The van der Waals surface area contributed by atoms with Crippen LogP contribution in [-0.4, -0.2) is 10.8 Å². The van der Waals surface area contributed by atoms with Gasteiger partial charge in [-0.1, -0.05) is 17.7 Å². The van der Waals surface area contributed by atoms with Crippen LogP contribution in [0.1, 0.15) is 15.9 Å². The third-order valence-electron chi connectivity index (χ3n) is 2.26. The highest BCUT2D eigenvalue weighted by Gasteiger charge is 2.20. The maximum atomic E-state index is 13.6. The molecular weight excluding hydrogens is 267 g/mol. The van der Waals surface area contributed by atoms with Gasteiger partial charge < -0.3 is 0 Å². The van der Waals surface area contributed by atoms with Crippen LogP contribution < -0.4 is 0 Å². The number of rotatable bonds is 2. The van der Waals surface area contributed by atoms with Gasteiger partial charge in [0, 0.05) is 6.07 Å². The van der Waals surface area contributed by atoms with Gasteiger partial charge in [0.1, 0.15) is 0 Å². The van der Waals surface area contributed by atoms with Crippen molar-refractivity contribution in [2.45, 2.75) is 0 Å². The number of hydrogen-bond acceptors (Lipinski definition) is 2. The Morgan fingerprint density at radius 1 is 1.17 bits per heavy atom. The molecule has 1 heterocycles. The molecule has 0 aliphatic carbocycles. The van der Waals surface area contributed by atoms with Gasteiger partial charge in [0.05, 0.1) is 22.3 Å². The summed E-state index contributed by atoms with van der Waals surface area (Å²) in [5, 5.41) is -0.268. The first kappa shape index (κ1) is 12.6. The molecule has 0 aliphatic rings. The van der Waals surface area contributed by atoms with Gasteiger partial charge in [-0.15, -0.1) is 0 Å². The van der Waals surface area contributed by atoms with E-state index in [9.17, 15) is 18.0 Å². The molecule has 92 valence electrons. The standard InChI is InChI=1S/C12H5ClF3NO/c13-8-3-1-2-6(11(8)16)12(18)7-4-10(15)17-5-9(7)14/h1-5H. The van der Waals surface area contributed by atoms with Crippen molar-refractivity contribution in [1.82, 2.24) is 4.98 Å². The van der Waals surface area contributed by atoms with Gasteiger partial charge in [0.15, 0.2) is 17.4 Å². The van der Waals surface area contributed by atoms with E-state index in [0.29, 0.717) is 12.3 Å². The fourth-order valence-electron chi connectivity index (χ4n) is 1.41. The fraction of sp³-hybridized carbons (Fsp3) is 0. The molecule has 0 N–H and O–H groups in total. The molecule has 0 amide bonds. The lowest BCUT2D eigenvalue weighted by molar-refractivity contribution is 0.103. The van der Waals surface area contributed by atoms with E-state index in [1.807, 2.05) is 0 Å². The number of benzene rings is 1. The molecule has 0 unspecified atom stereocenters. The van der Waals surface area contributed by atoms with Crippen molar-refractivity contribution in [2.24, 2.45) is 0 Å². The van der Waals surface area contributed by atoms with Crippen molar-refractivity contribution < 1.29 is 18.0 Å². The first-order chi connectivity index (χ1) is 8.50. The van der Waals surface area contributed by atoms with Crippen LogP contribution in [0.15, 0.2) is 30.5 Å². The monoisotopic (exact) mass is 271 g/mol. The Balaban J connectivity index is 2.55. The minimum Gasteiger partial charge on any atom is -0.288 e. The molecule has 1 aromatic heterocycles. The molecule has 0 aliphatic heterocycles. The molecule has 2 rings (SSSR count). The molecule has 0 saturated heterocycles. The number of carbonyl (C=O) groups is 1. The highest BCUT2D eigenvalue weighted by molar-refractivity contribution is 6.31. The van der Waals surface area contributed by atoms with E-state index in [-0.39, 0.29) is 5.02 Å². The Bertz CT molecular complexity index is 627. The van der Waals surface area contributed by atoms with E-state index < -0.39 is 34.5 Å². The Morgan fingerprint density at radius 2 is 1.89 bits per heavy atom. The van der Waals surface area contributed by atoms with Crippen molar-refractivity contribution in [3.8, 4) is 0 Å². The summed E-state index contributed by atoms with van der Waals surface area (Å²) < 4.78 is 39.8. The SMILES string of the molecule is O=C(c1cc(F)ncc1F)c1cccc(Cl)c1F. The molecule has 1 aromatic carbocycles. The summed E-state index contributed by atoms with van der Waals surface area (Å²) >= 11 is 5.51. The van der Waals surface area contributed by atoms with Gasteiger partial charge in [0.2, 0.25) is 5.95 Å². The zero-order valence-corrected chi connectivity index (χ0v) is 9.51. The van der Waals surface area contributed by atoms with Gasteiger partial charge in [-0.2, -0.15) is 4.39 Å². The number of carbonyl (C=O) groups excluding carboxylic acids is 1. The molecular formula is C12H5ClF3NO. The largest absolute Gasteiger partial charge is 0.288 e. The van der Waals surface area contributed by atoms with E-state index in [2.05, 4.69) is 4.98 Å². The van der Waals surface area contributed by atoms with E-state index in [0.717, 1.165) is 6.07 Å². The third kappa shape index (κ3) is 2.22. The molecule has 0 spiro atoms. The lowest BCUT2D eigenvalue weighted by atomic mass is 10.0. The van der Waals surface area contributed by atoms with Gasteiger partial charge >= 0.3 is 0 Å². The van der Waals surface area contributed by atoms with Crippen LogP contribution >= 0.6 is 11.6 Å². The van der Waals surface area contributed by atoms with Crippen LogP contribution in [0.5, 0.6) is 0 Å². The first-order valence-corrected chi connectivity index (χ1v) is 5.18. The summed E-state index contributed by atoms with van der Waals surface area (Å²) in [4.78, 5) is 14.9. The second-order valence-corrected chi connectivity index (χ2v) is 3.82. The minimum absolute atomic E-state index is 0.268. The summed E-state index contributed by atoms with van der Waals surface area (Å²) in [5.74, 6) is -4.02. The normalized spacial score (nSPS) is 10.4. The molecule has 0 atom stereocenters. The van der Waals surface area contributed by atoms with Gasteiger partial charge in [0.25, 0.3) is 0 Å². The van der Waals surface area contributed by atoms with Crippen molar-refractivity contribution in [3.63, 3.8) is 0 Å².